The smallest absolute Gasteiger partial charge is 0.264 e. The average Bonchev–Trinajstić information content (AvgIpc) is 2.93. The summed E-state index contributed by atoms with van der Waals surface area (Å²) in [5.74, 6) is 2.07. The van der Waals surface area contributed by atoms with Crippen LogP contribution in [0.3, 0.4) is 0 Å². The molecule has 7 nitrogen and oxygen atoms in total. The standard InChI is InChI=1S/C31H35N3O4S/c1-6-38-27-10-8-7-9-26(27)34-31(39-20-24-13-11-21(2)17-22(24)3)25(19-32)30(35)33-16-15-23-12-14-28(36-4)29(18-23)37-5/h7-14,17-18,34H,6,15-16,20H2,1-5H3,(H,33,35)/b31-25+. The molecule has 3 aromatic carbocycles. The topological polar surface area (TPSA) is 92.6 Å². The van der Waals surface area contributed by atoms with Crippen molar-refractivity contribution in [1.29, 1.82) is 5.26 Å². The van der Waals surface area contributed by atoms with Gasteiger partial charge in [-0.1, -0.05) is 42.0 Å². The second-order valence-electron chi connectivity index (χ2n) is 8.78. The van der Waals surface area contributed by atoms with E-state index in [-0.39, 0.29) is 5.57 Å². The predicted molar refractivity (Wildman–Crippen MR) is 157 cm³/mol. The van der Waals surface area contributed by atoms with Gasteiger partial charge in [0.2, 0.25) is 0 Å². The minimum absolute atomic E-state index is 0.0170. The van der Waals surface area contributed by atoms with E-state index in [0.717, 1.165) is 16.7 Å². The van der Waals surface area contributed by atoms with Gasteiger partial charge >= 0.3 is 0 Å². The highest BCUT2D eigenvalue weighted by Crippen LogP contribution is 2.32. The Labute approximate surface area is 235 Å². The van der Waals surface area contributed by atoms with Gasteiger partial charge in [0.25, 0.3) is 5.91 Å². The molecule has 0 radical (unpaired) electrons. The predicted octanol–water partition coefficient (Wildman–Crippen LogP) is 6.16. The number of aryl methyl sites for hydroxylation is 2. The number of nitrogens with one attached hydrogen (secondary N) is 2. The minimum atomic E-state index is -0.442. The quantitative estimate of drug-likeness (QED) is 0.196. The van der Waals surface area contributed by atoms with E-state index in [0.29, 0.717) is 53.3 Å². The van der Waals surface area contributed by atoms with E-state index in [1.54, 1.807) is 14.2 Å². The third kappa shape index (κ3) is 8.20. The Hall–Kier alpha value is -4.09. The Morgan fingerprint density at radius 3 is 2.44 bits per heavy atom. The zero-order valence-electron chi connectivity index (χ0n) is 23.1. The fraction of sp³-hybridized carbons (Fsp3) is 0.290. The number of rotatable bonds is 13. The largest absolute Gasteiger partial charge is 0.493 e. The summed E-state index contributed by atoms with van der Waals surface area (Å²) in [5, 5.41) is 16.7. The van der Waals surface area contributed by atoms with E-state index in [1.165, 1.54) is 17.3 Å². The highest BCUT2D eigenvalue weighted by molar-refractivity contribution is 8.02. The number of thioether (sulfide) groups is 1. The van der Waals surface area contributed by atoms with Gasteiger partial charge in [0.05, 0.1) is 31.5 Å². The number of anilines is 1. The molecule has 0 atom stereocenters. The minimum Gasteiger partial charge on any atom is -0.493 e. The number of carbonyl (C=O) groups is 1. The molecule has 1 amide bonds. The summed E-state index contributed by atoms with van der Waals surface area (Å²) < 4.78 is 16.4. The summed E-state index contributed by atoms with van der Waals surface area (Å²) >= 11 is 1.42. The number of benzene rings is 3. The van der Waals surface area contributed by atoms with Gasteiger partial charge in [0.15, 0.2) is 11.5 Å². The lowest BCUT2D eigenvalue weighted by Crippen LogP contribution is -2.28. The van der Waals surface area contributed by atoms with Crippen molar-refractivity contribution in [3.05, 3.63) is 93.5 Å². The highest BCUT2D eigenvalue weighted by atomic mass is 32.2. The zero-order valence-corrected chi connectivity index (χ0v) is 23.9. The number of methoxy groups -OCH3 is 2. The van der Waals surface area contributed by atoms with Gasteiger partial charge in [-0.3, -0.25) is 4.79 Å². The number of hydrogen-bond acceptors (Lipinski definition) is 7. The summed E-state index contributed by atoms with van der Waals surface area (Å²) in [6, 6.07) is 21.5. The van der Waals surface area contributed by atoms with Crippen LogP contribution in [0.5, 0.6) is 17.2 Å². The van der Waals surface area contributed by atoms with E-state index in [9.17, 15) is 10.1 Å². The molecular weight excluding hydrogens is 510 g/mol. The van der Waals surface area contributed by atoms with Gasteiger partial charge in [-0.25, -0.2) is 0 Å². The first-order valence-electron chi connectivity index (χ1n) is 12.7. The Balaban J connectivity index is 1.83. The van der Waals surface area contributed by atoms with Gasteiger partial charge in [-0.05, 0) is 68.1 Å². The Morgan fingerprint density at radius 2 is 1.74 bits per heavy atom. The van der Waals surface area contributed by atoms with Crippen LogP contribution in [0, 0.1) is 25.2 Å². The van der Waals surface area contributed by atoms with Crippen LogP contribution in [0.2, 0.25) is 0 Å². The molecule has 0 heterocycles. The maximum Gasteiger partial charge on any atom is 0.264 e. The van der Waals surface area contributed by atoms with Crippen LogP contribution in [-0.4, -0.2) is 33.3 Å². The molecule has 39 heavy (non-hydrogen) atoms. The molecule has 2 N–H and O–H groups in total. The molecule has 3 aromatic rings. The molecular formula is C31H35N3O4S. The number of amides is 1. The van der Waals surface area contributed by atoms with E-state index in [1.807, 2.05) is 49.4 Å². The first kappa shape index (κ1) is 29.5. The Morgan fingerprint density at radius 1 is 0.974 bits per heavy atom. The molecule has 0 aliphatic carbocycles. The zero-order chi connectivity index (χ0) is 28.2. The van der Waals surface area contributed by atoms with Crippen molar-refractivity contribution < 1.29 is 19.0 Å². The second kappa shape index (κ2) is 14.7. The van der Waals surface area contributed by atoms with Gasteiger partial charge in [0.1, 0.15) is 17.4 Å². The van der Waals surface area contributed by atoms with E-state index >= 15 is 0 Å². The number of nitriles is 1. The molecule has 0 saturated carbocycles. The third-order valence-electron chi connectivity index (χ3n) is 6.02. The summed E-state index contributed by atoms with van der Waals surface area (Å²) in [6.45, 7) is 6.88. The van der Waals surface area contributed by atoms with Gasteiger partial charge < -0.3 is 24.8 Å². The van der Waals surface area contributed by atoms with Crippen molar-refractivity contribution in [2.45, 2.75) is 32.9 Å². The molecule has 0 unspecified atom stereocenters. The molecule has 0 aliphatic rings. The van der Waals surface area contributed by atoms with E-state index in [2.05, 4.69) is 48.7 Å². The van der Waals surface area contributed by atoms with Crippen molar-refractivity contribution in [1.82, 2.24) is 5.32 Å². The van der Waals surface area contributed by atoms with Crippen LogP contribution >= 0.6 is 11.8 Å². The molecule has 0 aliphatic heterocycles. The monoisotopic (exact) mass is 545 g/mol. The maximum atomic E-state index is 13.2. The van der Waals surface area contributed by atoms with Crippen molar-refractivity contribution in [2.24, 2.45) is 0 Å². The Kier molecular flexibility index (Phi) is 11.1. The van der Waals surface area contributed by atoms with Crippen LogP contribution in [-0.2, 0) is 17.0 Å². The number of nitrogens with zero attached hydrogens (tertiary/aromatic N) is 1. The second-order valence-corrected chi connectivity index (χ2v) is 9.77. The normalized spacial score (nSPS) is 11.2. The van der Waals surface area contributed by atoms with Gasteiger partial charge in [0, 0.05) is 12.3 Å². The number of para-hydroxylation sites is 2. The van der Waals surface area contributed by atoms with E-state index in [4.69, 9.17) is 14.2 Å². The van der Waals surface area contributed by atoms with Gasteiger partial charge in [-0.15, -0.1) is 11.8 Å². The Bertz CT molecular complexity index is 1360. The lowest BCUT2D eigenvalue weighted by molar-refractivity contribution is -0.117. The van der Waals surface area contributed by atoms with Crippen LogP contribution in [0.1, 0.15) is 29.2 Å². The van der Waals surface area contributed by atoms with Crippen molar-refractivity contribution in [3.63, 3.8) is 0 Å². The van der Waals surface area contributed by atoms with Crippen LogP contribution in [0.25, 0.3) is 0 Å². The molecule has 0 saturated heterocycles. The molecule has 0 aromatic heterocycles. The van der Waals surface area contributed by atoms with Crippen molar-refractivity contribution in [3.8, 4) is 23.3 Å². The summed E-state index contributed by atoms with van der Waals surface area (Å²) in [4.78, 5) is 13.2. The fourth-order valence-electron chi connectivity index (χ4n) is 3.95. The first-order chi connectivity index (χ1) is 18.9. The van der Waals surface area contributed by atoms with Crippen molar-refractivity contribution >= 4 is 23.4 Å². The number of carbonyl (C=O) groups excluding carboxylic acids is 1. The van der Waals surface area contributed by atoms with E-state index < -0.39 is 5.91 Å². The lowest BCUT2D eigenvalue weighted by atomic mass is 10.1. The lowest BCUT2D eigenvalue weighted by Gasteiger charge is -2.17. The molecule has 204 valence electrons. The fourth-order valence-corrected chi connectivity index (χ4v) is 5.04. The molecule has 3 rings (SSSR count). The van der Waals surface area contributed by atoms with Crippen LogP contribution in [0.4, 0.5) is 5.69 Å². The SMILES string of the molecule is CCOc1ccccc1N/C(SCc1ccc(C)cc1C)=C(/C#N)C(=O)NCCc1ccc(OC)c(OC)c1. The maximum absolute atomic E-state index is 13.2. The molecule has 0 fully saturated rings. The highest BCUT2D eigenvalue weighted by Gasteiger charge is 2.18. The molecule has 8 heteroatoms. The number of ether oxygens (including phenoxy) is 3. The summed E-state index contributed by atoms with van der Waals surface area (Å²) in [5.41, 5.74) is 5.16. The van der Waals surface area contributed by atoms with Gasteiger partial charge in [-0.2, -0.15) is 5.26 Å². The van der Waals surface area contributed by atoms with Crippen LogP contribution < -0.4 is 24.8 Å². The van der Waals surface area contributed by atoms with Crippen molar-refractivity contribution in [2.75, 3.05) is 32.7 Å². The molecule has 0 bridgehead atoms. The summed E-state index contributed by atoms with van der Waals surface area (Å²) in [7, 11) is 3.17. The third-order valence-corrected chi connectivity index (χ3v) is 7.07. The molecule has 0 spiro atoms. The number of hydrogen-bond donors (Lipinski definition) is 2. The first-order valence-corrected chi connectivity index (χ1v) is 13.7. The van der Waals surface area contributed by atoms with Crippen LogP contribution in [0.15, 0.2) is 71.3 Å². The summed E-state index contributed by atoms with van der Waals surface area (Å²) in [6.07, 6.45) is 0.566. The average molecular weight is 546 g/mol.